The Hall–Kier alpha value is -2.87. The number of imidazole rings is 1. The van der Waals surface area contributed by atoms with Crippen LogP contribution in [0.5, 0.6) is 0 Å². The van der Waals surface area contributed by atoms with Crippen LogP contribution < -0.4 is 4.90 Å². The predicted molar refractivity (Wildman–Crippen MR) is 98.0 cm³/mol. The van der Waals surface area contributed by atoms with Crippen molar-refractivity contribution in [3.8, 4) is 0 Å². The third-order valence-corrected chi connectivity index (χ3v) is 5.60. The number of nitrogens with one attached hydrogen (secondary N) is 1. The van der Waals surface area contributed by atoms with Gasteiger partial charge in [-0.2, -0.15) is 5.10 Å². The molecule has 1 aliphatic heterocycles. The van der Waals surface area contributed by atoms with Gasteiger partial charge < -0.3 is 14.3 Å². The van der Waals surface area contributed by atoms with E-state index in [9.17, 15) is 0 Å². The van der Waals surface area contributed by atoms with Gasteiger partial charge in [-0.25, -0.2) is 9.50 Å². The molecule has 0 amide bonds. The van der Waals surface area contributed by atoms with Gasteiger partial charge in [-0.15, -0.1) is 5.10 Å². The van der Waals surface area contributed by atoms with Crippen LogP contribution in [0.15, 0.2) is 35.1 Å². The van der Waals surface area contributed by atoms with Crippen LogP contribution in [0, 0.1) is 0 Å². The fourth-order valence-electron chi connectivity index (χ4n) is 3.75. The lowest BCUT2D eigenvalue weighted by atomic mass is 10.0. The molecule has 1 aliphatic carbocycles. The Bertz CT molecular complexity index is 1140. The van der Waals surface area contributed by atoms with Crippen molar-refractivity contribution >= 4 is 23.1 Å². The zero-order valence-corrected chi connectivity index (χ0v) is 15.1. The van der Waals surface area contributed by atoms with Gasteiger partial charge in [0.2, 0.25) is 5.89 Å². The molecule has 1 fully saturated rings. The van der Waals surface area contributed by atoms with Crippen molar-refractivity contribution in [3.63, 3.8) is 0 Å². The molecule has 0 bridgehead atoms. The van der Waals surface area contributed by atoms with Crippen LogP contribution in [0.25, 0.3) is 5.52 Å². The number of aromatic amines is 1. The lowest BCUT2D eigenvalue weighted by Gasteiger charge is -2.32. The van der Waals surface area contributed by atoms with Gasteiger partial charge in [-0.05, 0) is 31.0 Å². The van der Waals surface area contributed by atoms with E-state index >= 15 is 0 Å². The first-order valence-electron chi connectivity index (χ1n) is 9.04. The minimum absolute atomic E-state index is 0.205. The van der Waals surface area contributed by atoms with Gasteiger partial charge in [0.15, 0.2) is 0 Å². The molecule has 0 radical (unpaired) electrons. The van der Waals surface area contributed by atoms with Crippen molar-refractivity contribution in [1.82, 2.24) is 29.8 Å². The fourth-order valence-corrected chi connectivity index (χ4v) is 3.97. The van der Waals surface area contributed by atoms with Gasteiger partial charge in [0.1, 0.15) is 6.04 Å². The topological polar surface area (TPSA) is 88.1 Å². The maximum Gasteiger partial charge on any atom is 0.319 e. The van der Waals surface area contributed by atoms with Gasteiger partial charge >= 0.3 is 6.01 Å². The van der Waals surface area contributed by atoms with Gasteiger partial charge in [-0.1, -0.05) is 16.7 Å². The Morgan fingerprint density at radius 2 is 2.19 bits per heavy atom. The molecule has 0 saturated heterocycles. The average Bonchev–Trinajstić information content (AvgIpc) is 3.11. The molecular formula is C18H16ClN7O. The van der Waals surface area contributed by atoms with E-state index in [1.807, 2.05) is 24.4 Å². The van der Waals surface area contributed by atoms with E-state index < -0.39 is 0 Å². The van der Waals surface area contributed by atoms with Crippen LogP contribution in [-0.4, -0.2) is 36.3 Å². The summed E-state index contributed by atoms with van der Waals surface area (Å²) in [6.07, 6.45) is 6.70. The normalized spacial score (nSPS) is 19.6. The Morgan fingerprint density at radius 1 is 1.26 bits per heavy atom. The van der Waals surface area contributed by atoms with Crippen molar-refractivity contribution in [3.05, 3.63) is 58.7 Å². The first-order valence-corrected chi connectivity index (χ1v) is 9.42. The van der Waals surface area contributed by atoms with Crippen molar-refractivity contribution < 1.29 is 4.42 Å². The van der Waals surface area contributed by atoms with Crippen molar-refractivity contribution in [2.45, 2.75) is 31.2 Å². The number of H-pyrrole nitrogens is 1. The molecule has 1 saturated carbocycles. The second-order valence-electron chi connectivity index (χ2n) is 7.06. The summed E-state index contributed by atoms with van der Waals surface area (Å²) in [4.78, 5) is 9.91. The highest BCUT2D eigenvalue weighted by molar-refractivity contribution is 6.33. The maximum absolute atomic E-state index is 6.35. The highest BCUT2D eigenvalue weighted by Gasteiger charge is 2.37. The van der Waals surface area contributed by atoms with Crippen LogP contribution in [0.3, 0.4) is 0 Å². The number of nitrogens with zero attached hydrogens (tertiary/aromatic N) is 6. The Balaban J connectivity index is 1.49. The SMILES string of the molecule is Clc1cccn2nc(C3c4nc[nH]c4CCN3c3nnc(C4CC4)o3)cc12. The summed E-state index contributed by atoms with van der Waals surface area (Å²) in [6.45, 7) is 0.744. The third kappa shape index (κ3) is 2.36. The molecule has 4 aromatic heterocycles. The van der Waals surface area contributed by atoms with E-state index in [0.717, 1.165) is 54.3 Å². The molecule has 136 valence electrons. The zero-order chi connectivity index (χ0) is 18.0. The van der Waals surface area contributed by atoms with E-state index in [0.29, 0.717) is 17.0 Å². The molecule has 8 nitrogen and oxygen atoms in total. The summed E-state index contributed by atoms with van der Waals surface area (Å²) >= 11 is 6.35. The van der Waals surface area contributed by atoms with E-state index in [-0.39, 0.29) is 6.04 Å². The quantitative estimate of drug-likeness (QED) is 0.586. The highest BCUT2D eigenvalue weighted by Crippen LogP contribution is 2.42. The van der Waals surface area contributed by atoms with Gasteiger partial charge in [0.05, 0.1) is 28.3 Å². The number of pyridine rings is 1. The number of rotatable bonds is 3. The monoisotopic (exact) mass is 381 g/mol. The lowest BCUT2D eigenvalue weighted by molar-refractivity contribution is 0.463. The summed E-state index contributed by atoms with van der Waals surface area (Å²) in [7, 11) is 0. The lowest BCUT2D eigenvalue weighted by Crippen LogP contribution is -2.36. The largest absolute Gasteiger partial charge is 0.408 e. The number of halogens is 1. The zero-order valence-electron chi connectivity index (χ0n) is 14.3. The van der Waals surface area contributed by atoms with Gasteiger partial charge in [-0.3, -0.25) is 0 Å². The summed E-state index contributed by atoms with van der Waals surface area (Å²) in [6, 6.07) is 6.06. The minimum atomic E-state index is -0.205. The molecule has 4 aromatic rings. The van der Waals surface area contributed by atoms with E-state index in [4.69, 9.17) is 21.1 Å². The van der Waals surface area contributed by atoms with Crippen LogP contribution in [0.2, 0.25) is 5.02 Å². The first kappa shape index (κ1) is 15.2. The molecule has 9 heteroatoms. The number of anilines is 1. The Labute approximate surface area is 159 Å². The Kier molecular flexibility index (Phi) is 3.13. The standard InChI is InChI=1S/C18H16ClN7O/c19-11-2-1-6-26-14(11)8-13(24-26)16-15-12(20-9-21-15)5-7-25(16)18-23-22-17(27-18)10-3-4-10/h1-2,6,8-10,16H,3-5,7H2,(H,20,21). The smallest absolute Gasteiger partial charge is 0.319 e. The van der Waals surface area contributed by atoms with E-state index in [2.05, 4.69) is 25.1 Å². The summed E-state index contributed by atoms with van der Waals surface area (Å²) in [5, 5.41) is 14.0. The van der Waals surface area contributed by atoms with Gasteiger partial charge in [0, 0.05) is 30.8 Å². The second kappa shape index (κ2) is 5.56. The number of hydrogen-bond donors (Lipinski definition) is 1. The predicted octanol–water partition coefficient (Wildman–Crippen LogP) is 3.12. The molecule has 1 atom stereocenters. The summed E-state index contributed by atoms with van der Waals surface area (Å²) in [5.41, 5.74) is 3.76. The third-order valence-electron chi connectivity index (χ3n) is 5.28. The van der Waals surface area contributed by atoms with Crippen LogP contribution in [-0.2, 0) is 6.42 Å². The molecule has 27 heavy (non-hydrogen) atoms. The number of aromatic nitrogens is 6. The molecule has 0 aromatic carbocycles. The number of fused-ring (bicyclic) bond motifs is 2. The second-order valence-corrected chi connectivity index (χ2v) is 7.47. The molecule has 1 N–H and O–H groups in total. The minimum Gasteiger partial charge on any atom is -0.408 e. The van der Waals surface area contributed by atoms with Crippen molar-refractivity contribution in [1.29, 1.82) is 0 Å². The van der Waals surface area contributed by atoms with Crippen LogP contribution in [0.4, 0.5) is 6.01 Å². The summed E-state index contributed by atoms with van der Waals surface area (Å²) < 4.78 is 7.79. The molecule has 5 heterocycles. The molecule has 1 unspecified atom stereocenters. The molecule has 6 rings (SSSR count). The van der Waals surface area contributed by atoms with Gasteiger partial charge in [0.25, 0.3) is 0 Å². The maximum atomic E-state index is 6.35. The van der Waals surface area contributed by atoms with E-state index in [1.165, 1.54) is 0 Å². The first-order chi connectivity index (χ1) is 13.3. The summed E-state index contributed by atoms with van der Waals surface area (Å²) in [5.74, 6) is 1.15. The Morgan fingerprint density at radius 3 is 3.04 bits per heavy atom. The molecule has 0 spiro atoms. The molecule has 2 aliphatic rings. The highest BCUT2D eigenvalue weighted by atomic mass is 35.5. The average molecular weight is 382 g/mol. The molecular weight excluding hydrogens is 366 g/mol. The van der Waals surface area contributed by atoms with Crippen molar-refractivity contribution in [2.24, 2.45) is 0 Å². The van der Waals surface area contributed by atoms with Crippen LogP contribution >= 0.6 is 11.6 Å². The number of hydrogen-bond acceptors (Lipinski definition) is 6. The fraction of sp³-hybridized carbons (Fsp3) is 0.333. The van der Waals surface area contributed by atoms with Crippen molar-refractivity contribution in [2.75, 3.05) is 11.4 Å². The van der Waals surface area contributed by atoms with E-state index in [1.54, 1.807) is 10.8 Å². The van der Waals surface area contributed by atoms with Crippen LogP contribution in [0.1, 0.15) is 47.8 Å².